The molecule has 106 valence electrons. The molecule has 3 heteroatoms. The molecule has 2 fully saturated rings. The van der Waals surface area contributed by atoms with E-state index in [1.54, 1.807) is 0 Å². The zero-order valence-corrected chi connectivity index (χ0v) is 12.2. The molecule has 2 N–H and O–H groups in total. The van der Waals surface area contributed by atoms with Crippen LogP contribution in [0.2, 0.25) is 0 Å². The second kappa shape index (κ2) is 6.36. The van der Waals surface area contributed by atoms with E-state index in [9.17, 15) is 0 Å². The first-order chi connectivity index (χ1) is 8.68. The van der Waals surface area contributed by atoms with Crippen molar-refractivity contribution in [1.29, 1.82) is 0 Å². The Morgan fingerprint density at radius 2 is 1.94 bits per heavy atom. The smallest absolute Gasteiger partial charge is 0.0471 e. The predicted octanol–water partition coefficient (Wildman–Crippen LogP) is 2.31. The molecule has 3 nitrogen and oxygen atoms in total. The number of hydrogen-bond donors (Lipinski definition) is 2. The maximum Gasteiger partial charge on any atom is 0.0471 e. The van der Waals surface area contributed by atoms with E-state index in [0.29, 0.717) is 11.0 Å². The highest BCUT2D eigenvalue weighted by atomic mass is 16.5. The van der Waals surface area contributed by atoms with Crippen molar-refractivity contribution in [2.75, 3.05) is 32.8 Å². The Morgan fingerprint density at radius 3 is 2.56 bits per heavy atom. The lowest BCUT2D eigenvalue weighted by Crippen LogP contribution is -2.50. The van der Waals surface area contributed by atoms with Crippen LogP contribution in [0.1, 0.15) is 52.4 Å². The van der Waals surface area contributed by atoms with Crippen LogP contribution in [0.25, 0.3) is 0 Å². The largest absolute Gasteiger partial charge is 0.381 e. The van der Waals surface area contributed by atoms with Crippen molar-refractivity contribution < 1.29 is 4.74 Å². The Hall–Kier alpha value is -0.120. The first-order valence-electron chi connectivity index (χ1n) is 7.72. The molecule has 0 aromatic rings. The van der Waals surface area contributed by atoms with E-state index in [2.05, 4.69) is 24.5 Å². The van der Waals surface area contributed by atoms with Crippen LogP contribution in [0.15, 0.2) is 0 Å². The lowest BCUT2D eigenvalue weighted by Gasteiger charge is -2.36. The lowest BCUT2D eigenvalue weighted by atomic mass is 9.82. The monoisotopic (exact) mass is 254 g/mol. The van der Waals surface area contributed by atoms with Gasteiger partial charge < -0.3 is 15.4 Å². The Balaban J connectivity index is 1.75. The molecule has 0 bridgehead atoms. The molecular formula is C15H30N2O. The third-order valence-corrected chi connectivity index (χ3v) is 4.78. The van der Waals surface area contributed by atoms with Crippen LogP contribution in [-0.4, -0.2) is 38.4 Å². The normalized spacial score (nSPS) is 31.7. The summed E-state index contributed by atoms with van der Waals surface area (Å²) in [6.07, 6.45) is 7.67. The number of rotatable bonds is 6. The number of hydrogen-bond acceptors (Lipinski definition) is 3. The van der Waals surface area contributed by atoms with Crippen LogP contribution in [0, 0.1) is 5.41 Å². The Bertz CT molecular complexity index is 243. The molecule has 0 radical (unpaired) electrons. The van der Waals surface area contributed by atoms with E-state index in [-0.39, 0.29) is 0 Å². The summed E-state index contributed by atoms with van der Waals surface area (Å²) in [6.45, 7) is 10.1. The summed E-state index contributed by atoms with van der Waals surface area (Å²) in [5.74, 6) is 0. The van der Waals surface area contributed by atoms with E-state index < -0.39 is 0 Å². The minimum Gasteiger partial charge on any atom is -0.381 e. The Labute approximate surface area is 112 Å². The fraction of sp³-hybridized carbons (Fsp3) is 1.00. The Morgan fingerprint density at radius 1 is 1.17 bits per heavy atom. The van der Waals surface area contributed by atoms with Crippen LogP contribution in [0.3, 0.4) is 0 Å². The molecule has 18 heavy (non-hydrogen) atoms. The molecule has 0 aromatic carbocycles. The van der Waals surface area contributed by atoms with Gasteiger partial charge in [0.25, 0.3) is 0 Å². The maximum absolute atomic E-state index is 5.46. The summed E-state index contributed by atoms with van der Waals surface area (Å²) in [4.78, 5) is 0. The highest BCUT2D eigenvalue weighted by Gasteiger charge is 2.33. The van der Waals surface area contributed by atoms with Crippen LogP contribution >= 0.6 is 0 Å². The molecule has 2 saturated heterocycles. The average molecular weight is 254 g/mol. The van der Waals surface area contributed by atoms with Crippen LogP contribution in [0.5, 0.6) is 0 Å². The number of ether oxygens (including phenoxy) is 1. The molecule has 0 aromatic heterocycles. The van der Waals surface area contributed by atoms with E-state index in [0.717, 1.165) is 26.3 Å². The van der Waals surface area contributed by atoms with E-state index >= 15 is 0 Å². The summed E-state index contributed by atoms with van der Waals surface area (Å²) in [6, 6.07) is 0. The summed E-state index contributed by atoms with van der Waals surface area (Å²) < 4.78 is 5.46. The van der Waals surface area contributed by atoms with Crippen molar-refractivity contribution in [2.24, 2.45) is 5.41 Å². The number of nitrogens with one attached hydrogen (secondary N) is 2. The zero-order chi connectivity index (χ0) is 12.9. The molecule has 2 heterocycles. The van der Waals surface area contributed by atoms with Crippen molar-refractivity contribution in [3.05, 3.63) is 0 Å². The predicted molar refractivity (Wildman–Crippen MR) is 75.9 cm³/mol. The second-order valence-corrected chi connectivity index (χ2v) is 6.59. The quantitative estimate of drug-likeness (QED) is 0.763. The van der Waals surface area contributed by atoms with Gasteiger partial charge >= 0.3 is 0 Å². The highest BCUT2D eigenvalue weighted by Crippen LogP contribution is 2.29. The summed E-state index contributed by atoms with van der Waals surface area (Å²) in [5, 5.41) is 7.48. The zero-order valence-electron chi connectivity index (χ0n) is 12.2. The van der Waals surface area contributed by atoms with Crippen LogP contribution < -0.4 is 10.6 Å². The topological polar surface area (TPSA) is 33.3 Å². The van der Waals surface area contributed by atoms with Gasteiger partial charge in [0.2, 0.25) is 0 Å². The molecule has 1 unspecified atom stereocenters. The highest BCUT2D eigenvalue weighted by molar-refractivity contribution is 4.95. The first kappa shape index (κ1) is 14.3. The Kier molecular flexibility index (Phi) is 5.05. The summed E-state index contributed by atoms with van der Waals surface area (Å²) >= 11 is 0. The van der Waals surface area contributed by atoms with Gasteiger partial charge in [0.15, 0.2) is 0 Å². The fourth-order valence-corrected chi connectivity index (χ4v) is 3.44. The first-order valence-corrected chi connectivity index (χ1v) is 7.72. The van der Waals surface area contributed by atoms with Gasteiger partial charge in [-0.2, -0.15) is 0 Å². The van der Waals surface area contributed by atoms with E-state index in [1.807, 2.05) is 0 Å². The van der Waals surface area contributed by atoms with Gasteiger partial charge in [-0.1, -0.05) is 20.3 Å². The van der Waals surface area contributed by atoms with Crippen molar-refractivity contribution in [3.63, 3.8) is 0 Å². The molecule has 0 spiro atoms. The molecule has 2 aliphatic rings. The molecular weight excluding hydrogens is 224 g/mol. The maximum atomic E-state index is 5.46. The molecule has 2 rings (SSSR count). The van der Waals surface area contributed by atoms with Crippen molar-refractivity contribution in [3.8, 4) is 0 Å². The third kappa shape index (κ3) is 3.69. The third-order valence-electron chi connectivity index (χ3n) is 4.78. The van der Waals surface area contributed by atoms with Gasteiger partial charge in [-0.05, 0) is 44.1 Å². The molecule has 2 aliphatic heterocycles. The van der Waals surface area contributed by atoms with Crippen molar-refractivity contribution in [1.82, 2.24) is 10.6 Å². The van der Waals surface area contributed by atoms with Crippen molar-refractivity contribution >= 4 is 0 Å². The van der Waals surface area contributed by atoms with Gasteiger partial charge in [0.05, 0.1) is 0 Å². The standard InChI is InChI=1S/C15H30N2O/c1-3-5-15(6-4-9-17-15)13-16-12-14(2)7-10-18-11-8-14/h16-17H,3-13H2,1-2H3. The van der Waals surface area contributed by atoms with E-state index in [4.69, 9.17) is 4.74 Å². The van der Waals surface area contributed by atoms with Gasteiger partial charge in [0.1, 0.15) is 0 Å². The SMILES string of the molecule is CCCC1(CNCC2(C)CCOCC2)CCCN1. The molecule has 1 atom stereocenters. The van der Waals surface area contributed by atoms with Crippen molar-refractivity contribution in [2.45, 2.75) is 57.9 Å². The van der Waals surface area contributed by atoms with Gasteiger partial charge in [-0.15, -0.1) is 0 Å². The summed E-state index contributed by atoms with van der Waals surface area (Å²) in [5.41, 5.74) is 0.834. The van der Waals surface area contributed by atoms with Gasteiger partial charge in [-0.3, -0.25) is 0 Å². The lowest BCUT2D eigenvalue weighted by molar-refractivity contribution is 0.0234. The average Bonchev–Trinajstić information content (AvgIpc) is 2.79. The fourth-order valence-electron chi connectivity index (χ4n) is 3.44. The van der Waals surface area contributed by atoms with Crippen LogP contribution in [-0.2, 0) is 4.74 Å². The van der Waals surface area contributed by atoms with Crippen LogP contribution in [0.4, 0.5) is 0 Å². The van der Waals surface area contributed by atoms with Gasteiger partial charge in [-0.25, -0.2) is 0 Å². The van der Waals surface area contributed by atoms with E-state index in [1.165, 1.54) is 45.1 Å². The molecule has 0 saturated carbocycles. The second-order valence-electron chi connectivity index (χ2n) is 6.59. The van der Waals surface area contributed by atoms with Gasteiger partial charge in [0, 0.05) is 31.8 Å². The summed E-state index contributed by atoms with van der Waals surface area (Å²) in [7, 11) is 0. The minimum absolute atomic E-state index is 0.385. The molecule has 0 aliphatic carbocycles. The molecule has 0 amide bonds. The minimum atomic E-state index is 0.385.